The van der Waals surface area contributed by atoms with Crippen molar-refractivity contribution in [3.8, 4) is 11.3 Å². The number of hydrogen-bond donors (Lipinski definition) is 4. The quantitative estimate of drug-likeness (QED) is 0.142. The fourth-order valence-corrected chi connectivity index (χ4v) is 8.26. The summed E-state index contributed by atoms with van der Waals surface area (Å²) < 4.78 is 0. The summed E-state index contributed by atoms with van der Waals surface area (Å²) in [5, 5.41) is 19.0. The van der Waals surface area contributed by atoms with E-state index in [1.54, 1.807) is 0 Å². The average Bonchev–Trinajstić information content (AvgIpc) is 3.28. The molecule has 6 nitrogen and oxygen atoms in total. The molecule has 0 saturated carbocycles. The number of benzene rings is 5. The number of fused-ring (bicyclic) bond motifs is 6. The van der Waals surface area contributed by atoms with E-state index in [1.165, 1.54) is 33.0 Å². The second kappa shape index (κ2) is 13.3. The molecule has 0 fully saturated rings. The predicted octanol–water partition coefficient (Wildman–Crippen LogP) is 10.2. The van der Waals surface area contributed by atoms with Crippen molar-refractivity contribution in [1.29, 1.82) is 0 Å². The molecule has 0 bridgehead atoms. The Bertz CT molecular complexity index is 2930. The average molecular weight is 723 g/mol. The Labute approximate surface area is 325 Å². The number of nitrogens with zero attached hydrogens (tertiary/aromatic N) is 2. The van der Waals surface area contributed by atoms with Crippen molar-refractivity contribution in [1.82, 2.24) is 25.9 Å². The van der Waals surface area contributed by atoms with Crippen LogP contribution in [0.5, 0.6) is 0 Å². The van der Waals surface area contributed by atoms with E-state index in [0.717, 1.165) is 80.1 Å². The molecular weight excluding hydrogens is 685 g/mol. The van der Waals surface area contributed by atoms with E-state index in [4.69, 9.17) is 9.97 Å². The number of pyridine rings is 2. The number of allylic oxidation sites excluding steroid dienone is 4. The summed E-state index contributed by atoms with van der Waals surface area (Å²) in [7, 11) is 0. The molecule has 268 valence electrons. The van der Waals surface area contributed by atoms with Gasteiger partial charge in [-0.2, -0.15) is 0 Å². The van der Waals surface area contributed by atoms with E-state index in [1.807, 2.05) is 6.20 Å². The molecule has 11 rings (SSSR count). The van der Waals surface area contributed by atoms with Crippen LogP contribution in [0.3, 0.4) is 0 Å². The van der Waals surface area contributed by atoms with Gasteiger partial charge < -0.3 is 21.3 Å². The van der Waals surface area contributed by atoms with Gasteiger partial charge in [0.15, 0.2) is 0 Å². The Morgan fingerprint density at radius 1 is 0.554 bits per heavy atom. The molecular formula is C50H38N6. The predicted molar refractivity (Wildman–Crippen MR) is 232 cm³/mol. The van der Waals surface area contributed by atoms with Crippen LogP contribution in [-0.2, 0) is 0 Å². The van der Waals surface area contributed by atoms with Gasteiger partial charge in [-0.05, 0) is 80.6 Å². The third-order valence-electron chi connectivity index (χ3n) is 11.3. The first kappa shape index (κ1) is 32.3. The van der Waals surface area contributed by atoms with E-state index in [9.17, 15) is 0 Å². The van der Waals surface area contributed by atoms with Crippen LogP contribution in [0.25, 0.3) is 66.9 Å². The second-order valence-electron chi connectivity index (χ2n) is 14.8. The number of anilines is 1. The highest BCUT2D eigenvalue weighted by Gasteiger charge is 2.21. The molecule has 2 aromatic heterocycles. The minimum absolute atomic E-state index is 0.0726. The van der Waals surface area contributed by atoms with Gasteiger partial charge in [-0.15, -0.1) is 0 Å². The zero-order valence-corrected chi connectivity index (χ0v) is 30.6. The van der Waals surface area contributed by atoms with Crippen LogP contribution in [0.15, 0.2) is 170 Å². The number of rotatable bonds is 5. The van der Waals surface area contributed by atoms with Crippen molar-refractivity contribution < 1.29 is 0 Å². The third kappa shape index (κ3) is 5.83. The zero-order valence-electron chi connectivity index (χ0n) is 30.6. The minimum atomic E-state index is 0.0726. The molecule has 56 heavy (non-hydrogen) atoms. The van der Waals surface area contributed by atoms with Crippen LogP contribution >= 0.6 is 0 Å². The van der Waals surface area contributed by atoms with Crippen molar-refractivity contribution in [2.24, 2.45) is 0 Å². The first-order valence-corrected chi connectivity index (χ1v) is 19.3. The van der Waals surface area contributed by atoms with Gasteiger partial charge in [-0.1, -0.05) is 127 Å². The van der Waals surface area contributed by atoms with Crippen LogP contribution in [0.4, 0.5) is 5.69 Å². The lowest BCUT2D eigenvalue weighted by Crippen LogP contribution is -2.31. The highest BCUT2D eigenvalue weighted by molar-refractivity contribution is 5.98. The van der Waals surface area contributed by atoms with E-state index in [2.05, 4.69) is 185 Å². The van der Waals surface area contributed by atoms with Gasteiger partial charge in [0.1, 0.15) is 0 Å². The fourth-order valence-electron chi connectivity index (χ4n) is 8.26. The van der Waals surface area contributed by atoms with E-state index in [-0.39, 0.29) is 12.1 Å². The number of nitrogens with one attached hydrogen (secondary N) is 4. The third-order valence-corrected chi connectivity index (χ3v) is 11.3. The molecule has 0 amide bonds. The van der Waals surface area contributed by atoms with Gasteiger partial charge in [0.25, 0.3) is 0 Å². The molecule has 1 aliphatic carbocycles. The largest absolute Gasteiger partial charge is 0.387 e. The summed E-state index contributed by atoms with van der Waals surface area (Å²) in [5.41, 5.74) is 15.4. The number of hydrogen-bond acceptors (Lipinski definition) is 6. The molecule has 0 spiro atoms. The molecule has 4 N–H and O–H groups in total. The van der Waals surface area contributed by atoms with Crippen molar-refractivity contribution >= 4 is 61.3 Å². The highest BCUT2D eigenvalue weighted by Crippen LogP contribution is 2.37. The number of aromatic nitrogens is 2. The van der Waals surface area contributed by atoms with Crippen molar-refractivity contribution in [2.75, 3.05) is 18.4 Å². The monoisotopic (exact) mass is 722 g/mol. The van der Waals surface area contributed by atoms with Gasteiger partial charge >= 0.3 is 0 Å². The summed E-state index contributed by atoms with van der Waals surface area (Å²) in [5.74, 6) is 0. The molecule has 7 aromatic rings. The van der Waals surface area contributed by atoms with Gasteiger partial charge in [-0.25, -0.2) is 9.97 Å². The maximum atomic E-state index is 5.25. The lowest BCUT2D eigenvalue weighted by atomic mass is 9.89. The number of dihydropyridines is 1. The Balaban J connectivity index is 0.848. The molecule has 5 aromatic carbocycles. The topological polar surface area (TPSA) is 73.9 Å². The zero-order chi connectivity index (χ0) is 37.0. The maximum absolute atomic E-state index is 5.25. The summed E-state index contributed by atoms with van der Waals surface area (Å²) >= 11 is 0. The Morgan fingerprint density at radius 3 is 2.23 bits per heavy atom. The molecule has 2 atom stereocenters. The standard InChI is InChI=1S/C50H38N6/c1-2-4-31(5-3-1)42-21-18-34-8-9-35-19-22-44(56-50(35)49(34)55-42)40-15-13-36-26-37(11-12-38(36)27-40)39-10-6-32-16-20-43(53-46(32)28-39)41-14-7-33-17-23-45(54-47(33)29-41)48-30-51-24-25-52-48/h1-23,26-30,42,46,51-53,55H,24-25H2. The smallest absolute Gasteiger partial charge is 0.0947 e. The van der Waals surface area contributed by atoms with Crippen LogP contribution in [0.1, 0.15) is 34.0 Å². The summed E-state index contributed by atoms with van der Waals surface area (Å²) in [6.07, 6.45) is 17.7. The molecule has 3 aliphatic heterocycles. The normalized spacial score (nSPS) is 18.4. The van der Waals surface area contributed by atoms with Gasteiger partial charge in [0.05, 0.1) is 45.9 Å². The van der Waals surface area contributed by atoms with E-state index < -0.39 is 0 Å². The Morgan fingerprint density at radius 2 is 1.34 bits per heavy atom. The van der Waals surface area contributed by atoms with Gasteiger partial charge in [-0.3, -0.25) is 0 Å². The molecule has 6 heteroatoms. The van der Waals surface area contributed by atoms with Gasteiger partial charge in [0, 0.05) is 41.3 Å². The van der Waals surface area contributed by atoms with Crippen LogP contribution in [0, 0.1) is 0 Å². The molecule has 4 aliphatic rings. The van der Waals surface area contributed by atoms with Crippen molar-refractivity contribution in [3.05, 3.63) is 198 Å². The fraction of sp³-hybridized carbons (Fsp3) is 0.0800. The maximum Gasteiger partial charge on any atom is 0.0947 e. The Hall–Kier alpha value is -7.18. The lowest BCUT2D eigenvalue weighted by Gasteiger charge is -2.27. The minimum Gasteiger partial charge on any atom is -0.387 e. The summed E-state index contributed by atoms with van der Waals surface area (Å²) in [6, 6.07) is 43.6. The van der Waals surface area contributed by atoms with Crippen molar-refractivity contribution in [2.45, 2.75) is 12.1 Å². The molecule has 0 radical (unpaired) electrons. The van der Waals surface area contributed by atoms with E-state index in [0.29, 0.717) is 0 Å². The summed E-state index contributed by atoms with van der Waals surface area (Å²) in [4.78, 5) is 10.2. The lowest BCUT2D eigenvalue weighted by molar-refractivity contribution is 0.737. The molecule has 0 saturated heterocycles. The molecule has 5 heterocycles. The highest BCUT2D eigenvalue weighted by atomic mass is 15.0. The Kier molecular flexibility index (Phi) is 7.66. The second-order valence-corrected chi connectivity index (χ2v) is 14.8. The SMILES string of the molecule is C1=CC2=CC=C(c3ccc4ccc(C5=CNCCN5)nc4c3)NC2C=C1c1ccc2cc(-c3ccc4ccc5c(c4n3)NC(c3ccccc3)C=C5)ccc2c1. The van der Waals surface area contributed by atoms with Gasteiger partial charge in [0.2, 0.25) is 0 Å². The van der Waals surface area contributed by atoms with Crippen LogP contribution < -0.4 is 21.3 Å². The molecule has 2 unspecified atom stereocenters. The summed E-state index contributed by atoms with van der Waals surface area (Å²) in [6.45, 7) is 1.81. The first-order chi connectivity index (χ1) is 27.7. The first-order valence-electron chi connectivity index (χ1n) is 19.3. The van der Waals surface area contributed by atoms with Crippen molar-refractivity contribution in [3.63, 3.8) is 0 Å². The van der Waals surface area contributed by atoms with Crippen LogP contribution in [0.2, 0.25) is 0 Å². The van der Waals surface area contributed by atoms with E-state index >= 15 is 0 Å². The van der Waals surface area contributed by atoms with Crippen LogP contribution in [-0.4, -0.2) is 29.1 Å².